The average Bonchev–Trinajstić information content (AvgIpc) is 2.71. The molecule has 0 radical (unpaired) electrons. The summed E-state index contributed by atoms with van der Waals surface area (Å²) in [4.78, 5) is 16.9. The lowest BCUT2D eigenvalue weighted by Crippen LogP contribution is -2.04. The summed E-state index contributed by atoms with van der Waals surface area (Å²) >= 11 is 0. The summed E-state index contributed by atoms with van der Waals surface area (Å²) in [5, 5.41) is 0.281. The van der Waals surface area contributed by atoms with E-state index in [-0.39, 0.29) is 11.3 Å². The molecule has 0 aliphatic rings. The molecule has 0 spiro atoms. The van der Waals surface area contributed by atoms with E-state index in [0.29, 0.717) is 39.8 Å². The molecule has 8 heteroatoms. The van der Waals surface area contributed by atoms with Crippen molar-refractivity contribution in [3.05, 3.63) is 34.7 Å². The lowest BCUT2D eigenvalue weighted by molar-refractivity contribution is 0.324. The number of nitrogens with zero attached hydrogens (tertiary/aromatic N) is 1. The van der Waals surface area contributed by atoms with E-state index in [2.05, 4.69) is 4.98 Å². The van der Waals surface area contributed by atoms with Crippen molar-refractivity contribution in [3.63, 3.8) is 0 Å². The van der Waals surface area contributed by atoms with Crippen molar-refractivity contribution >= 4 is 10.9 Å². The number of hydrogen-bond acceptors (Lipinski definition) is 8. The quantitative estimate of drug-likeness (QED) is 0.652. The molecule has 0 amide bonds. The molecule has 0 aliphatic heterocycles. The number of ether oxygens (including phenoxy) is 5. The highest BCUT2D eigenvalue weighted by Crippen LogP contribution is 2.41. The predicted octanol–water partition coefficient (Wildman–Crippen LogP) is 2.90. The SMILES string of the molecule is COc1cc2nc(-c3cc(OC)c(OC)c(OC)c3)oc(=O)c2cc1OC. The fraction of sp³-hybridized carbons (Fsp3) is 0.263. The molecule has 0 fully saturated rings. The van der Waals surface area contributed by atoms with Crippen molar-refractivity contribution in [1.29, 1.82) is 0 Å². The van der Waals surface area contributed by atoms with Gasteiger partial charge in [-0.1, -0.05) is 0 Å². The molecule has 0 aliphatic carbocycles. The highest BCUT2D eigenvalue weighted by Gasteiger charge is 2.18. The van der Waals surface area contributed by atoms with Crippen molar-refractivity contribution in [3.8, 4) is 40.2 Å². The highest BCUT2D eigenvalue weighted by atomic mass is 16.5. The molecule has 8 nitrogen and oxygen atoms in total. The molecule has 3 rings (SSSR count). The van der Waals surface area contributed by atoms with Gasteiger partial charge in [0.1, 0.15) is 0 Å². The van der Waals surface area contributed by atoms with Crippen LogP contribution < -0.4 is 29.3 Å². The Kier molecular flexibility index (Phi) is 5.07. The largest absolute Gasteiger partial charge is 0.493 e. The first kappa shape index (κ1) is 18.4. The van der Waals surface area contributed by atoms with Crippen LogP contribution in [-0.4, -0.2) is 40.5 Å². The first-order valence-electron chi connectivity index (χ1n) is 7.93. The zero-order valence-electron chi connectivity index (χ0n) is 15.6. The van der Waals surface area contributed by atoms with Crippen molar-refractivity contribution in [2.45, 2.75) is 0 Å². The van der Waals surface area contributed by atoms with Crippen molar-refractivity contribution in [2.75, 3.05) is 35.5 Å². The smallest absolute Gasteiger partial charge is 0.347 e. The summed E-state index contributed by atoms with van der Waals surface area (Å²) in [6.45, 7) is 0. The van der Waals surface area contributed by atoms with Gasteiger partial charge >= 0.3 is 5.63 Å². The second-order valence-corrected chi connectivity index (χ2v) is 5.44. The number of hydrogen-bond donors (Lipinski definition) is 0. The van der Waals surface area contributed by atoms with Crippen LogP contribution in [0.15, 0.2) is 33.5 Å². The normalized spacial score (nSPS) is 10.6. The Hall–Kier alpha value is -3.42. The van der Waals surface area contributed by atoms with E-state index in [0.717, 1.165) is 0 Å². The maximum Gasteiger partial charge on any atom is 0.347 e. The number of fused-ring (bicyclic) bond motifs is 1. The third-order valence-electron chi connectivity index (χ3n) is 4.04. The third kappa shape index (κ3) is 3.21. The molecule has 0 atom stereocenters. The molecule has 27 heavy (non-hydrogen) atoms. The molecule has 1 aromatic heterocycles. The number of aromatic nitrogens is 1. The van der Waals surface area contributed by atoms with Gasteiger partial charge in [0.05, 0.1) is 46.5 Å². The molecule has 3 aromatic rings. The van der Waals surface area contributed by atoms with E-state index < -0.39 is 5.63 Å². The minimum Gasteiger partial charge on any atom is -0.493 e. The van der Waals surface area contributed by atoms with E-state index in [9.17, 15) is 4.79 Å². The lowest BCUT2D eigenvalue weighted by atomic mass is 10.1. The molecule has 0 saturated carbocycles. The van der Waals surface area contributed by atoms with E-state index in [1.807, 2.05) is 0 Å². The van der Waals surface area contributed by atoms with Gasteiger partial charge in [0, 0.05) is 17.7 Å². The Morgan fingerprint density at radius 2 is 1.30 bits per heavy atom. The van der Waals surface area contributed by atoms with Crippen LogP contribution in [0.3, 0.4) is 0 Å². The van der Waals surface area contributed by atoms with Gasteiger partial charge in [-0.25, -0.2) is 9.78 Å². The van der Waals surface area contributed by atoms with E-state index in [1.54, 1.807) is 18.2 Å². The molecule has 0 saturated heterocycles. The molecular formula is C19H19NO7. The number of rotatable bonds is 6. The van der Waals surface area contributed by atoms with Crippen LogP contribution in [0.25, 0.3) is 22.4 Å². The van der Waals surface area contributed by atoms with Crippen LogP contribution in [0.5, 0.6) is 28.7 Å². The van der Waals surface area contributed by atoms with Crippen LogP contribution in [-0.2, 0) is 0 Å². The van der Waals surface area contributed by atoms with E-state index in [4.69, 9.17) is 28.1 Å². The van der Waals surface area contributed by atoms with Gasteiger partial charge < -0.3 is 28.1 Å². The van der Waals surface area contributed by atoms with Gasteiger partial charge in [-0.15, -0.1) is 0 Å². The summed E-state index contributed by atoms with van der Waals surface area (Å²) in [5.74, 6) is 2.25. The van der Waals surface area contributed by atoms with Crippen molar-refractivity contribution < 1.29 is 28.1 Å². The summed E-state index contributed by atoms with van der Waals surface area (Å²) < 4.78 is 31.9. The van der Waals surface area contributed by atoms with Gasteiger partial charge in [0.15, 0.2) is 23.0 Å². The van der Waals surface area contributed by atoms with Crippen LogP contribution in [0.2, 0.25) is 0 Å². The Morgan fingerprint density at radius 3 is 1.81 bits per heavy atom. The first-order chi connectivity index (χ1) is 13.1. The minimum atomic E-state index is -0.551. The lowest BCUT2D eigenvalue weighted by Gasteiger charge is -2.13. The predicted molar refractivity (Wildman–Crippen MR) is 98.5 cm³/mol. The fourth-order valence-corrected chi connectivity index (χ4v) is 2.73. The Labute approximate surface area is 155 Å². The van der Waals surface area contributed by atoms with Crippen molar-refractivity contribution in [2.24, 2.45) is 0 Å². The van der Waals surface area contributed by atoms with Crippen molar-refractivity contribution in [1.82, 2.24) is 4.98 Å². The van der Waals surface area contributed by atoms with Gasteiger partial charge in [0.2, 0.25) is 11.6 Å². The first-order valence-corrected chi connectivity index (χ1v) is 7.93. The van der Waals surface area contributed by atoms with Gasteiger partial charge in [-0.05, 0) is 12.1 Å². The highest BCUT2D eigenvalue weighted by molar-refractivity contribution is 5.83. The second-order valence-electron chi connectivity index (χ2n) is 5.44. The maximum atomic E-state index is 12.5. The van der Waals surface area contributed by atoms with Crippen LogP contribution in [0, 0.1) is 0 Å². The molecule has 2 aromatic carbocycles. The number of methoxy groups -OCH3 is 5. The molecule has 1 heterocycles. The molecule has 142 valence electrons. The Bertz CT molecular complexity index is 1020. The zero-order valence-corrected chi connectivity index (χ0v) is 15.6. The molecule has 0 bridgehead atoms. The summed E-state index contributed by atoms with van der Waals surface area (Å²) in [6.07, 6.45) is 0. The van der Waals surface area contributed by atoms with Gasteiger partial charge in [-0.2, -0.15) is 0 Å². The topological polar surface area (TPSA) is 89.3 Å². The van der Waals surface area contributed by atoms with Gasteiger partial charge in [-0.3, -0.25) is 0 Å². The monoisotopic (exact) mass is 373 g/mol. The summed E-state index contributed by atoms with van der Waals surface area (Å²) in [6, 6.07) is 6.46. The minimum absolute atomic E-state index is 0.110. The Morgan fingerprint density at radius 1 is 0.741 bits per heavy atom. The number of benzene rings is 2. The summed E-state index contributed by atoms with van der Waals surface area (Å²) in [7, 11) is 7.51. The summed E-state index contributed by atoms with van der Waals surface area (Å²) in [5.41, 5.74) is 0.357. The molecule has 0 N–H and O–H groups in total. The van der Waals surface area contributed by atoms with Crippen LogP contribution >= 0.6 is 0 Å². The average molecular weight is 373 g/mol. The Balaban J connectivity index is 2.24. The molecular weight excluding hydrogens is 354 g/mol. The standard InChI is InChI=1S/C19H19NO7/c1-22-13-8-11-12(9-14(13)23-2)20-18(27-19(11)21)10-6-15(24-3)17(26-5)16(7-10)25-4/h6-9H,1-5H3. The maximum absolute atomic E-state index is 12.5. The fourth-order valence-electron chi connectivity index (χ4n) is 2.73. The van der Waals surface area contributed by atoms with Gasteiger partial charge in [0.25, 0.3) is 0 Å². The second kappa shape index (κ2) is 7.45. The van der Waals surface area contributed by atoms with Crippen LogP contribution in [0.4, 0.5) is 0 Å². The van der Waals surface area contributed by atoms with Crippen LogP contribution in [0.1, 0.15) is 0 Å². The molecule has 0 unspecified atom stereocenters. The van der Waals surface area contributed by atoms with E-state index in [1.165, 1.54) is 41.6 Å². The zero-order chi connectivity index (χ0) is 19.6. The van der Waals surface area contributed by atoms with E-state index >= 15 is 0 Å². The third-order valence-corrected chi connectivity index (χ3v) is 4.04.